The van der Waals surface area contributed by atoms with E-state index in [-0.39, 0.29) is 17.8 Å². The molecule has 1 aliphatic heterocycles. The maximum atomic E-state index is 10.9. The Balaban J connectivity index is 2.61. The average molecular weight is 158 g/mol. The van der Waals surface area contributed by atoms with Gasteiger partial charge < -0.3 is 9.84 Å². The zero-order valence-electron chi connectivity index (χ0n) is 6.91. The summed E-state index contributed by atoms with van der Waals surface area (Å²) in [5.41, 5.74) is 0. The van der Waals surface area contributed by atoms with Gasteiger partial charge in [0.25, 0.3) is 0 Å². The van der Waals surface area contributed by atoms with Crippen LogP contribution in [0.3, 0.4) is 0 Å². The van der Waals surface area contributed by atoms with Crippen molar-refractivity contribution in [1.82, 2.24) is 0 Å². The maximum Gasteiger partial charge on any atom is 0.306 e. The highest BCUT2D eigenvalue weighted by Crippen LogP contribution is 2.20. The molecular formula is C8H14O3. The van der Waals surface area contributed by atoms with Crippen LogP contribution >= 0.6 is 0 Å². The van der Waals surface area contributed by atoms with Crippen LogP contribution in [0.5, 0.6) is 0 Å². The van der Waals surface area contributed by atoms with Crippen LogP contribution in [0.4, 0.5) is 0 Å². The molecule has 1 N–H and O–H groups in total. The highest BCUT2D eigenvalue weighted by atomic mass is 16.5. The van der Waals surface area contributed by atoms with Crippen molar-refractivity contribution in [2.45, 2.75) is 26.4 Å². The molecule has 1 heterocycles. The Morgan fingerprint density at radius 1 is 1.45 bits per heavy atom. The minimum Gasteiger partial charge on any atom is -0.465 e. The van der Waals surface area contributed by atoms with Gasteiger partial charge in [0, 0.05) is 5.92 Å². The van der Waals surface area contributed by atoms with E-state index in [1.807, 2.05) is 13.8 Å². The highest BCUT2D eigenvalue weighted by molar-refractivity contribution is 5.70. The first kappa shape index (κ1) is 8.53. The van der Waals surface area contributed by atoms with Crippen LogP contribution in [0.25, 0.3) is 0 Å². The lowest BCUT2D eigenvalue weighted by atomic mass is 9.93. The number of hydrogen-bond donors (Lipinski definition) is 1. The molecule has 64 valence electrons. The first-order valence-electron chi connectivity index (χ1n) is 3.95. The summed E-state index contributed by atoms with van der Waals surface area (Å²) in [4.78, 5) is 10.9. The zero-order valence-corrected chi connectivity index (χ0v) is 6.91. The van der Waals surface area contributed by atoms with Crippen molar-refractivity contribution in [2.75, 3.05) is 6.61 Å². The molecular weight excluding hydrogens is 144 g/mol. The summed E-state index contributed by atoms with van der Waals surface area (Å²) in [6, 6.07) is 0. The molecule has 1 rings (SSSR count). The average Bonchev–Trinajstić information content (AvgIpc) is 2.05. The van der Waals surface area contributed by atoms with Crippen molar-refractivity contribution < 1.29 is 14.6 Å². The fourth-order valence-corrected chi connectivity index (χ4v) is 1.33. The molecule has 0 spiro atoms. The molecule has 11 heavy (non-hydrogen) atoms. The van der Waals surface area contributed by atoms with E-state index in [9.17, 15) is 9.90 Å². The number of ether oxygens (including phenoxy) is 1. The molecule has 0 unspecified atom stereocenters. The van der Waals surface area contributed by atoms with Crippen molar-refractivity contribution in [3.8, 4) is 0 Å². The highest BCUT2D eigenvalue weighted by Gasteiger charge is 2.28. The quantitative estimate of drug-likeness (QED) is 0.524. The molecule has 0 aromatic rings. The Kier molecular flexibility index (Phi) is 2.49. The van der Waals surface area contributed by atoms with Gasteiger partial charge in [0.1, 0.15) is 0 Å². The molecule has 0 aliphatic carbocycles. The number of rotatable bonds is 0. The normalized spacial score (nSPS) is 39.5. The van der Waals surface area contributed by atoms with E-state index in [1.54, 1.807) is 0 Å². The van der Waals surface area contributed by atoms with Crippen molar-refractivity contribution in [3.63, 3.8) is 0 Å². The van der Waals surface area contributed by atoms with Gasteiger partial charge >= 0.3 is 5.97 Å². The number of carbonyl (C=O) groups excluding carboxylic acids is 1. The lowest BCUT2D eigenvalue weighted by Gasteiger charge is -2.18. The van der Waals surface area contributed by atoms with Gasteiger partial charge in [0.2, 0.25) is 0 Å². The fourth-order valence-electron chi connectivity index (χ4n) is 1.33. The van der Waals surface area contributed by atoms with Crippen molar-refractivity contribution in [1.29, 1.82) is 0 Å². The third-order valence-corrected chi connectivity index (χ3v) is 2.16. The SMILES string of the molecule is C[C@@H]1COC(=O)C[C@H](C)[C@@H]1O. The predicted molar refractivity (Wildman–Crippen MR) is 39.9 cm³/mol. The molecule has 0 aromatic heterocycles. The molecule has 0 aromatic carbocycles. The van der Waals surface area contributed by atoms with Crippen LogP contribution in [-0.2, 0) is 9.53 Å². The van der Waals surface area contributed by atoms with Crippen molar-refractivity contribution >= 4 is 5.97 Å². The molecule has 0 amide bonds. The van der Waals surface area contributed by atoms with Crippen molar-refractivity contribution in [2.24, 2.45) is 11.8 Å². The van der Waals surface area contributed by atoms with Gasteiger partial charge in [0.05, 0.1) is 19.1 Å². The number of esters is 1. The monoisotopic (exact) mass is 158 g/mol. The van der Waals surface area contributed by atoms with Crippen LogP contribution in [-0.4, -0.2) is 23.8 Å². The van der Waals surface area contributed by atoms with Crippen LogP contribution in [0, 0.1) is 11.8 Å². The van der Waals surface area contributed by atoms with E-state index in [0.29, 0.717) is 13.0 Å². The van der Waals surface area contributed by atoms with Gasteiger partial charge in [-0.05, 0) is 5.92 Å². The Bertz CT molecular complexity index is 155. The molecule has 1 saturated heterocycles. The molecule has 0 saturated carbocycles. The Morgan fingerprint density at radius 3 is 2.73 bits per heavy atom. The molecule has 3 atom stereocenters. The van der Waals surface area contributed by atoms with E-state index in [1.165, 1.54) is 0 Å². The molecule has 1 aliphatic rings. The first-order valence-corrected chi connectivity index (χ1v) is 3.95. The lowest BCUT2D eigenvalue weighted by molar-refractivity contribution is -0.143. The molecule has 3 nitrogen and oxygen atoms in total. The third kappa shape index (κ3) is 1.93. The van der Waals surface area contributed by atoms with Crippen LogP contribution in [0.15, 0.2) is 0 Å². The van der Waals surface area contributed by atoms with E-state index < -0.39 is 6.10 Å². The number of hydrogen-bond acceptors (Lipinski definition) is 3. The Hall–Kier alpha value is -0.570. The summed E-state index contributed by atoms with van der Waals surface area (Å²) in [6.45, 7) is 4.11. The maximum absolute atomic E-state index is 10.9. The van der Waals surface area contributed by atoms with Gasteiger partial charge in [-0.1, -0.05) is 13.8 Å². The second-order valence-corrected chi connectivity index (χ2v) is 3.33. The Morgan fingerprint density at radius 2 is 2.09 bits per heavy atom. The molecule has 3 heteroatoms. The Labute approximate surface area is 66.4 Å². The number of aliphatic hydroxyl groups excluding tert-OH is 1. The third-order valence-electron chi connectivity index (χ3n) is 2.16. The predicted octanol–water partition coefficient (Wildman–Crippen LogP) is 0.566. The summed E-state index contributed by atoms with van der Waals surface area (Å²) < 4.78 is 4.86. The van der Waals surface area contributed by atoms with E-state index in [2.05, 4.69) is 0 Å². The van der Waals surface area contributed by atoms with Crippen LogP contribution < -0.4 is 0 Å². The van der Waals surface area contributed by atoms with Crippen LogP contribution in [0.1, 0.15) is 20.3 Å². The van der Waals surface area contributed by atoms with E-state index in [4.69, 9.17) is 4.74 Å². The van der Waals surface area contributed by atoms with Gasteiger partial charge in [-0.3, -0.25) is 4.79 Å². The zero-order chi connectivity index (χ0) is 8.43. The minimum atomic E-state index is -0.401. The summed E-state index contributed by atoms with van der Waals surface area (Å²) >= 11 is 0. The standard InChI is InChI=1S/C8H14O3/c1-5-3-7(9)11-4-6(2)8(5)10/h5-6,8,10H,3-4H2,1-2H3/t5-,6+,8-/m0/s1. The number of cyclic esters (lactones) is 1. The van der Waals surface area contributed by atoms with Gasteiger partial charge in [-0.15, -0.1) is 0 Å². The fraction of sp³-hybridized carbons (Fsp3) is 0.875. The van der Waals surface area contributed by atoms with Crippen LogP contribution in [0.2, 0.25) is 0 Å². The van der Waals surface area contributed by atoms with Gasteiger partial charge in [-0.25, -0.2) is 0 Å². The smallest absolute Gasteiger partial charge is 0.306 e. The first-order chi connectivity index (χ1) is 5.11. The summed E-state index contributed by atoms with van der Waals surface area (Å²) in [5.74, 6) is -0.0997. The second kappa shape index (κ2) is 3.22. The minimum absolute atomic E-state index is 0.0278. The number of aliphatic hydroxyl groups is 1. The van der Waals surface area contributed by atoms with Gasteiger partial charge in [0.15, 0.2) is 0 Å². The molecule has 1 fully saturated rings. The lowest BCUT2D eigenvalue weighted by Crippen LogP contribution is -2.25. The molecule has 0 radical (unpaired) electrons. The van der Waals surface area contributed by atoms with Crippen molar-refractivity contribution in [3.05, 3.63) is 0 Å². The topological polar surface area (TPSA) is 46.5 Å². The summed E-state index contributed by atoms with van der Waals surface area (Å²) in [7, 11) is 0. The molecule has 0 bridgehead atoms. The second-order valence-electron chi connectivity index (χ2n) is 3.33. The van der Waals surface area contributed by atoms with E-state index >= 15 is 0 Å². The van der Waals surface area contributed by atoms with E-state index in [0.717, 1.165) is 0 Å². The van der Waals surface area contributed by atoms with Gasteiger partial charge in [-0.2, -0.15) is 0 Å². The largest absolute Gasteiger partial charge is 0.465 e. The summed E-state index contributed by atoms with van der Waals surface area (Å²) in [6.07, 6.45) is -0.0626. The summed E-state index contributed by atoms with van der Waals surface area (Å²) in [5, 5.41) is 9.51. The number of carbonyl (C=O) groups is 1.